The van der Waals surface area contributed by atoms with Crippen LogP contribution in [0.3, 0.4) is 0 Å². The molecule has 2 bridgehead atoms. The largest absolute Gasteiger partial charge is 0.487 e. The van der Waals surface area contributed by atoms with Crippen molar-refractivity contribution < 1.29 is 9.13 Å². The van der Waals surface area contributed by atoms with E-state index in [1.54, 1.807) is 6.07 Å². The van der Waals surface area contributed by atoms with E-state index in [1.165, 1.54) is 89.0 Å². The van der Waals surface area contributed by atoms with Gasteiger partial charge in [0, 0.05) is 5.56 Å². The molecule has 0 N–H and O–H groups in total. The van der Waals surface area contributed by atoms with Crippen molar-refractivity contribution >= 4 is 5.57 Å². The molecule has 0 spiro atoms. The predicted molar refractivity (Wildman–Crippen MR) is 161 cm³/mol. The molecule has 3 aliphatic rings. The van der Waals surface area contributed by atoms with Gasteiger partial charge in [-0.15, -0.1) is 0 Å². The summed E-state index contributed by atoms with van der Waals surface area (Å²) in [4.78, 5) is 0. The standard InChI is InChI=1S/C36H51FO/c1-6-8-10-11-13-28(5)38-34-32(27(3)4)25-30(26-33(34)37)29-14-16-31(17-15-29)36-22-19-35(20-23-36,21-24-36)18-12-9-7-2/h14-17,25-26,28H,3,6-13,18-24H2,1-2,4-5H3. The molecule has 1 nitrogen and oxygen atoms in total. The molecule has 1 unspecified atom stereocenters. The highest BCUT2D eigenvalue weighted by Crippen LogP contribution is 2.59. The summed E-state index contributed by atoms with van der Waals surface area (Å²) in [6, 6.07) is 12.8. The number of hydrogen-bond donors (Lipinski definition) is 0. The number of fused-ring (bicyclic) bond motifs is 3. The van der Waals surface area contributed by atoms with Crippen LogP contribution < -0.4 is 4.74 Å². The van der Waals surface area contributed by atoms with Crippen molar-refractivity contribution in [3.63, 3.8) is 0 Å². The lowest BCUT2D eigenvalue weighted by Gasteiger charge is -2.54. The molecule has 208 valence electrons. The average Bonchev–Trinajstić information content (AvgIpc) is 2.93. The van der Waals surface area contributed by atoms with Gasteiger partial charge >= 0.3 is 0 Å². The zero-order chi connectivity index (χ0) is 27.2. The number of unbranched alkanes of at least 4 members (excludes halogenated alkanes) is 5. The maximum atomic E-state index is 15.4. The minimum absolute atomic E-state index is 0.0137. The van der Waals surface area contributed by atoms with Crippen molar-refractivity contribution in [2.75, 3.05) is 0 Å². The van der Waals surface area contributed by atoms with Gasteiger partial charge in [-0.05, 0) is 117 Å². The SMILES string of the molecule is C=C(C)c1cc(-c2ccc(C34CCC(CCCCC)(CC3)CC4)cc2)cc(F)c1OC(C)CCCCCC. The molecule has 3 saturated carbocycles. The first-order valence-electron chi connectivity index (χ1n) is 15.6. The van der Waals surface area contributed by atoms with E-state index in [9.17, 15) is 0 Å². The third-order valence-electron chi connectivity index (χ3n) is 9.83. The summed E-state index contributed by atoms with van der Waals surface area (Å²) in [6.45, 7) is 12.6. The first kappa shape index (κ1) is 28.9. The van der Waals surface area contributed by atoms with Crippen LogP contribution in [-0.4, -0.2) is 6.10 Å². The second-order valence-corrected chi connectivity index (χ2v) is 12.7. The molecule has 0 heterocycles. The monoisotopic (exact) mass is 518 g/mol. The van der Waals surface area contributed by atoms with Gasteiger partial charge in [0.15, 0.2) is 11.6 Å². The van der Waals surface area contributed by atoms with Crippen LogP contribution in [0.15, 0.2) is 43.0 Å². The van der Waals surface area contributed by atoms with E-state index in [1.807, 2.05) is 13.8 Å². The number of allylic oxidation sites excluding steroid dienone is 1. The Morgan fingerprint density at radius 1 is 0.868 bits per heavy atom. The van der Waals surface area contributed by atoms with Crippen LogP contribution in [0.25, 0.3) is 16.7 Å². The maximum Gasteiger partial charge on any atom is 0.166 e. The minimum atomic E-state index is -0.289. The van der Waals surface area contributed by atoms with Gasteiger partial charge < -0.3 is 4.74 Å². The van der Waals surface area contributed by atoms with Crippen LogP contribution in [-0.2, 0) is 5.41 Å². The highest BCUT2D eigenvalue weighted by Gasteiger charge is 2.48. The summed E-state index contributed by atoms with van der Waals surface area (Å²) in [7, 11) is 0. The normalized spacial score (nSPS) is 23.4. The molecule has 0 amide bonds. The fourth-order valence-electron chi connectivity index (χ4n) is 7.15. The van der Waals surface area contributed by atoms with Gasteiger partial charge in [-0.2, -0.15) is 0 Å². The highest BCUT2D eigenvalue weighted by molar-refractivity contribution is 5.75. The number of halogens is 1. The molecule has 2 aromatic rings. The maximum absolute atomic E-state index is 15.4. The Labute approximate surface area is 232 Å². The molecule has 0 radical (unpaired) electrons. The fourth-order valence-corrected chi connectivity index (χ4v) is 7.15. The molecule has 2 heteroatoms. The average molecular weight is 519 g/mol. The van der Waals surface area contributed by atoms with Crippen LogP contribution in [0.2, 0.25) is 0 Å². The van der Waals surface area contributed by atoms with Crippen molar-refractivity contribution in [1.29, 1.82) is 0 Å². The molecule has 3 fully saturated rings. The van der Waals surface area contributed by atoms with Crippen LogP contribution in [0, 0.1) is 11.2 Å². The van der Waals surface area contributed by atoms with E-state index in [2.05, 4.69) is 50.8 Å². The van der Waals surface area contributed by atoms with Gasteiger partial charge in [0.05, 0.1) is 6.10 Å². The summed E-state index contributed by atoms with van der Waals surface area (Å²) >= 11 is 0. The number of rotatable bonds is 14. The predicted octanol–water partition coefficient (Wildman–Crippen LogP) is 11.4. The number of hydrogen-bond acceptors (Lipinski definition) is 1. The first-order chi connectivity index (χ1) is 18.3. The Hall–Kier alpha value is -2.09. The molecule has 2 aromatic carbocycles. The lowest BCUT2D eigenvalue weighted by atomic mass is 9.51. The second kappa shape index (κ2) is 12.8. The van der Waals surface area contributed by atoms with Gasteiger partial charge in [0.2, 0.25) is 0 Å². The van der Waals surface area contributed by atoms with Crippen molar-refractivity contribution in [3.8, 4) is 16.9 Å². The smallest absolute Gasteiger partial charge is 0.166 e. The van der Waals surface area contributed by atoms with E-state index in [0.717, 1.165) is 35.1 Å². The molecule has 5 rings (SSSR count). The molecule has 1 atom stereocenters. The van der Waals surface area contributed by atoms with Crippen LogP contribution in [0.1, 0.15) is 135 Å². The van der Waals surface area contributed by atoms with Gasteiger partial charge in [0.1, 0.15) is 0 Å². The Kier molecular flexibility index (Phi) is 9.77. The summed E-state index contributed by atoms with van der Waals surface area (Å²) in [5, 5.41) is 0. The molecule has 38 heavy (non-hydrogen) atoms. The Balaban J connectivity index is 1.46. The Morgan fingerprint density at radius 3 is 2.11 bits per heavy atom. The highest BCUT2D eigenvalue weighted by atomic mass is 19.1. The molecule has 0 aromatic heterocycles. The van der Waals surface area contributed by atoms with Gasteiger partial charge in [-0.1, -0.05) is 83.2 Å². The van der Waals surface area contributed by atoms with Crippen molar-refractivity contribution in [2.24, 2.45) is 5.41 Å². The van der Waals surface area contributed by atoms with Crippen molar-refractivity contribution in [2.45, 2.75) is 136 Å². The van der Waals surface area contributed by atoms with Gasteiger partial charge in [0.25, 0.3) is 0 Å². The van der Waals surface area contributed by atoms with Crippen molar-refractivity contribution in [3.05, 3.63) is 59.9 Å². The Morgan fingerprint density at radius 2 is 1.50 bits per heavy atom. The van der Waals surface area contributed by atoms with Crippen molar-refractivity contribution in [1.82, 2.24) is 0 Å². The summed E-state index contributed by atoms with van der Waals surface area (Å²) < 4.78 is 21.6. The number of benzene rings is 2. The summed E-state index contributed by atoms with van der Waals surface area (Å²) in [6.07, 6.45) is 19.4. The van der Waals surface area contributed by atoms with E-state index in [-0.39, 0.29) is 11.9 Å². The zero-order valence-corrected chi connectivity index (χ0v) is 24.6. The topological polar surface area (TPSA) is 9.23 Å². The van der Waals surface area contributed by atoms with Crippen LogP contribution in [0.5, 0.6) is 5.75 Å². The van der Waals surface area contributed by atoms with Crippen LogP contribution in [0.4, 0.5) is 4.39 Å². The van der Waals surface area contributed by atoms with E-state index in [0.29, 0.717) is 16.6 Å². The summed E-state index contributed by atoms with van der Waals surface area (Å²) in [5.41, 5.74) is 6.04. The zero-order valence-electron chi connectivity index (χ0n) is 24.6. The van der Waals surface area contributed by atoms with E-state index >= 15 is 4.39 Å². The fraction of sp³-hybridized carbons (Fsp3) is 0.611. The third-order valence-corrected chi connectivity index (χ3v) is 9.83. The van der Waals surface area contributed by atoms with Crippen LogP contribution >= 0.6 is 0 Å². The minimum Gasteiger partial charge on any atom is -0.487 e. The third kappa shape index (κ3) is 6.54. The molecular formula is C36H51FO. The molecular weight excluding hydrogens is 467 g/mol. The lowest BCUT2D eigenvalue weighted by Crippen LogP contribution is -2.44. The molecule has 0 aliphatic heterocycles. The van der Waals surface area contributed by atoms with Gasteiger partial charge in [-0.3, -0.25) is 0 Å². The molecule has 3 aliphatic carbocycles. The second-order valence-electron chi connectivity index (χ2n) is 12.7. The van der Waals surface area contributed by atoms with E-state index in [4.69, 9.17) is 4.74 Å². The molecule has 0 saturated heterocycles. The first-order valence-corrected chi connectivity index (χ1v) is 15.6. The number of ether oxygens (including phenoxy) is 1. The quantitative estimate of drug-likeness (QED) is 0.226. The lowest BCUT2D eigenvalue weighted by molar-refractivity contribution is 0.0305. The Bertz CT molecular complexity index is 1040. The van der Waals surface area contributed by atoms with E-state index < -0.39 is 0 Å². The van der Waals surface area contributed by atoms with Gasteiger partial charge in [-0.25, -0.2) is 4.39 Å². The summed E-state index contributed by atoms with van der Waals surface area (Å²) in [5.74, 6) is 0.0640.